The van der Waals surface area contributed by atoms with Crippen molar-refractivity contribution in [2.24, 2.45) is 0 Å². The zero-order valence-corrected chi connectivity index (χ0v) is 13.4. The van der Waals surface area contributed by atoms with Gasteiger partial charge in [0.1, 0.15) is 17.2 Å². The molecule has 0 bridgehead atoms. The number of hydrogen-bond acceptors (Lipinski definition) is 3. The molecule has 5 heteroatoms. The smallest absolute Gasteiger partial charge is 0.178 e. The van der Waals surface area contributed by atoms with Crippen LogP contribution in [0.2, 0.25) is 0 Å². The number of fused-ring (bicyclic) bond motifs is 1. The lowest BCUT2D eigenvalue weighted by Gasteiger charge is -2.27. The van der Waals surface area contributed by atoms with Gasteiger partial charge in [0.2, 0.25) is 0 Å². The van der Waals surface area contributed by atoms with E-state index < -0.39 is 0 Å². The maximum Gasteiger partial charge on any atom is 0.178 e. The Morgan fingerprint density at radius 3 is 2.96 bits per heavy atom. The number of pyridine rings is 1. The number of hydrogen-bond donors (Lipinski definition) is 0. The first kappa shape index (κ1) is 14.9. The number of anilines is 1. The fraction of sp³-hybridized carbons (Fsp3) is 0.263. The molecule has 3 heterocycles. The normalized spacial score (nSPS) is 17.6. The molecule has 0 aliphatic carbocycles. The molecule has 0 spiro atoms. The minimum atomic E-state index is -0.205. The summed E-state index contributed by atoms with van der Waals surface area (Å²) in [6.45, 7) is 2.46. The van der Waals surface area contributed by atoms with Crippen molar-refractivity contribution in [3.63, 3.8) is 0 Å². The molecule has 1 aliphatic rings. The molecule has 1 atom stereocenters. The highest BCUT2D eigenvalue weighted by Crippen LogP contribution is 2.36. The van der Waals surface area contributed by atoms with Crippen molar-refractivity contribution in [2.75, 3.05) is 11.4 Å². The van der Waals surface area contributed by atoms with Crippen molar-refractivity contribution in [1.82, 2.24) is 9.38 Å². The number of carbonyl (C=O) groups is 1. The van der Waals surface area contributed by atoms with Gasteiger partial charge in [-0.05, 0) is 42.7 Å². The van der Waals surface area contributed by atoms with E-state index in [1.54, 1.807) is 25.3 Å². The Bertz CT molecular complexity index is 918. The number of Topliss-reactive ketones (excluding diaryl/α,β-unsaturated/α-hetero) is 1. The minimum Gasteiger partial charge on any atom is -0.363 e. The molecular weight excluding hydrogens is 305 g/mol. The molecule has 0 radical (unpaired) electrons. The maximum absolute atomic E-state index is 13.6. The van der Waals surface area contributed by atoms with Crippen molar-refractivity contribution < 1.29 is 9.18 Å². The Balaban J connectivity index is 1.75. The number of nitrogens with zero attached hydrogens (tertiary/aromatic N) is 3. The van der Waals surface area contributed by atoms with Crippen molar-refractivity contribution in [3.8, 4) is 0 Å². The third-order valence-corrected chi connectivity index (χ3v) is 4.67. The van der Waals surface area contributed by atoms with E-state index >= 15 is 0 Å². The van der Waals surface area contributed by atoms with E-state index in [4.69, 9.17) is 0 Å². The second-order valence-electron chi connectivity index (χ2n) is 6.22. The largest absolute Gasteiger partial charge is 0.363 e. The Morgan fingerprint density at radius 2 is 2.17 bits per heavy atom. The Hall–Kier alpha value is -2.69. The zero-order chi connectivity index (χ0) is 16.7. The van der Waals surface area contributed by atoms with Gasteiger partial charge in [-0.2, -0.15) is 0 Å². The maximum atomic E-state index is 13.6. The molecule has 1 fully saturated rings. The van der Waals surface area contributed by atoms with E-state index in [9.17, 15) is 9.18 Å². The second-order valence-corrected chi connectivity index (χ2v) is 6.22. The average molecular weight is 323 g/mol. The van der Waals surface area contributed by atoms with Crippen LogP contribution >= 0.6 is 0 Å². The van der Waals surface area contributed by atoms with Crippen LogP contribution < -0.4 is 4.90 Å². The van der Waals surface area contributed by atoms with E-state index in [-0.39, 0.29) is 17.6 Å². The lowest BCUT2D eigenvalue weighted by molar-refractivity contribution is 0.101. The van der Waals surface area contributed by atoms with Gasteiger partial charge >= 0.3 is 0 Å². The van der Waals surface area contributed by atoms with E-state index in [1.807, 2.05) is 28.8 Å². The number of halogens is 1. The molecule has 1 aromatic carbocycles. The first-order chi connectivity index (χ1) is 11.6. The number of imidazole rings is 1. The molecule has 0 saturated carbocycles. The standard InChI is InChI=1S/C19H18FN3O/c1-13(24)18-11-21-19-8-7-16(12-23(18)19)22-9-3-6-17(22)14-4-2-5-15(20)10-14/h2,4-5,7-8,10-12,17H,3,6,9H2,1H3. The van der Waals surface area contributed by atoms with Gasteiger partial charge in [0.25, 0.3) is 0 Å². The first-order valence-electron chi connectivity index (χ1n) is 8.13. The van der Waals surface area contributed by atoms with Crippen LogP contribution in [0, 0.1) is 5.82 Å². The molecule has 1 unspecified atom stereocenters. The number of aromatic nitrogens is 2. The quantitative estimate of drug-likeness (QED) is 0.683. The molecule has 1 aliphatic heterocycles. The molecule has 0 N–H and O–H groups in total. The summed E-state index contributed by atoms with van der Waals surface area (Å²) in [5, 5.41) is 0. The molecular formula is C19H18FN3O. The topological polar surface area (TPSA) is 37.6 Å². The molecule has 24 heavy (non-hydrogen) atoms. The summed E-state index contributed by atoms with van der Waals surface area (Å²) in [6, 6.07) is 10.9. The second kappa shape index (κ2) is 5.74. The van der Waals surface area contributed by atoms with E-state index in [2.05, 4.69) is 9.88 Å². The molecule has 2 aromatic heterocycles. The first-order valence-corrected chi connectivity index (χ1v) is 8.13. The number of benzene rings is 1. The van der Waals surface area contributed by atoms with E-state index in [0.717, 1.165) is 36.3 Å². The SMILES string of the molecule is CC(=O)c1cnc2ccc(N3CCCC3c3cccc(F)c3)cn12. The molecule has 3 aromatic rings. The zero-order valence-electron chi connectivity index (χ0n) is 13.4. The number of rotatable bonds is 3. The van der Waals surface area contributed by atoms with Crippen molar-refractivity contribution in [1.29, 1.82) is 0 Å². The molecule has 1 saturated heterocycles. The highest BCUT2D eigenvalue weighted by molar-refractivity contribution is 5.93. The van der Waals surface area contributed by atoms with Gasteiger partial charge in [-0.1, -0.05) is 12.1 Å². The van der Waals surface area contributed by atoms with Crippen LogP contribution in [-0.4, -0.2) is 21.7 Å². The minimum absolute atomic E-state index is 0.0113. The van der Waals surface area contributed by atoms with Crippen LogP contribution in [0.4, 0.5) is 10.1 Å². The summed E-state index contributed by atoms with van der Waals surface area (Å²) in [5.41, 5.74) is 3.35. The van der Waals surface area contributed by atoms with Gasteiger partial charge in [0.05, 0.1) is 17.9 Å². The van der Waals surface area contributed by atoms with Crippen LogP contribution in [-0.2, 0) is 0 Å². The van der Waals surface area contributed by atoms with Crippen LogP contribution in [0.25, 0.3) is 5.65 Å². The predicted molar refractivity (Wildman–Crippen MR) is 90.9 cm³/mol. The van der Waals surface area contributed by atoms with Crippen LogP contribution in [0.15, 0.2) is 48.8 Å². The van der Waals surface area contributed by atoms with Crippen LogP contribution in [0.3, 0.4) is 0 Å². The predicted octanol–water partition coefficient (Wildman–Crippen LogP) is 4.02. The third kappa shape index (κ3) is 2.46. The summed E-state index contributed by atoms with van der Waals surface area (Å²) < 4.78 is 15.4. The lowest BCUT2D eigenvalue weighted by Crippen LogP contribution is -2.23. The molecule has 0 amide bonds. The Kier molecular flexibility index (Phi) is 3.56. The number of ketones is 1. The summed E-state index contributed by atoms with van der Waals surface area (Å²) in [4.78, 5) is 18.3. The summed E-state index contributed by atoms with van der Waals surface area (Å²) in [6.07, 6.45) is 5.61. The van der Waals surface area contributed by atoms with Crippen molar-refractivity contribution in [3.05, 3.63) is 65.9 Å². The Labute approximate surface area is 139 Å². The highest BCUT2D eigenvalue weighted by atomic mass is 19.1. The third-order valence-electron chi connectivity index (χ3n) is 4.67. The molecule has 4 rings (SSSR count). The fourth-order valence-corrected chi connectivity index (χ4v) is 3.54. The van der Waals surface area contributed by atoms with E-state index in [0.29, 0.717) is 5.69 Å². The fourth-order valence-electron chi connectivity index (χ4n) is 3.54. The van der Waals surface area contributed by atoms with Gasteiger partial charge in [0, 0.05) is 19.7 Å². The van der Waals surface area contributed by atoms with Crippen LogP contribution in [0.1, 0.15) is 41.9 Å². The van der Waals surface area contributed by atoms with Gasteiger partial charge in [-0.25, -0.2) is 9.37 Å². The molecule has 4 nitrogen and oxygen atoms in total. The highest BCUT2D eigenvalue weighted by Gasteiger charge is 2.27. The van der Waals surface area contributed by atoms with Crippen LogP contribution in [0.5, 0.6) is 0 Å². The summed E-state index contributed by atoms with van der Waals surface area (Å²) in [5.74, 6) is -0.217. The summed E-state index contributed by atoms with van der Waals surface area (Å²) in [7, 11) is 0. The number of carbonyl (C=O) groups excluding carboxylic acids is 1. The lowest BCUT2D eigenvalue weighted by atomic mass is 10.0. The summed E-state index contributed by atoms with van der Waals surface area (Å²) >= 11 is 0. The van der Waals surface area contributed by atoms with Crippen molar-refractivity contribution in [2.45, 2.75) is 25.8 Å². The average Bonchev–Trinajstić information content (AvgIpc) is 3.21. The van der Waals surface area contributed by atoms with E-state index in [1.165, 1.54) is 6.07 Å². The van der Waals surface area contributed by atoms with Gasteiger partial charge in [-0.3, -0.25) is 9.20 Å². The van der Waals surface area contributed by atoms with Gasteiger partial charge in [-0.15, -0.1) is 0 Å². The van der Waals surface area contributed by atoms with Crippen molar-refractivity contribution >= 4 is 17.1 Å². The molecule has 122 valence electrons. The monoisotopic (exact) mass is 323 g/mol. The van der Waals surface area contributed by atoms with Gasteiger partial charge < -0.3 is 4.90 Å². The van der Waals surface area contributed by atoms with Gasteiger partial charge in [0.15, 0.2) is 5.78 Å². The Morgan fingerprint density at radius 1 is 1.29 bits per heavy atom.